The molecule has 0 saturated heterocycles. The van der Waals surface area contributed by atoms with Crippen LogP contribution in [-0.2, 0) is 13.0 Å². The second-order valence-electron chi connectivity index (χ2n) is 4.80. The van der Waals surface area contributed by atoms with Crippen molar-refractivity contribution in [2.45, 2.75) is 39.7 Å². The van der Waals surface area contributed by atoms with E-state index in [2.05, 4.69) is 44.3 Å². The number of hydrogen-bond donors (Lipinski definition) is 1. The van der Waals surface area contributed by atoms with Crippen LogP contribution in [0.4, 0.5) is 0 Å². The molecular formula is C15H21NS. The van der Waals surface area contributed by atoms with Gasteiger partial charge >= 0.3 is 0 Å². The molecule has 1 aromatic carbocycles. The van der Waals surface area contributed by atoms with E-state index < -0.39 is 0 Å². The van der Waals surface area contributed by atoms with Gasteiger partial charge < -0.3 is 5.32 Å². The topological polar surface area (TPSA) is 12.0 Å². The molecule has 0 radical (unpaired) electrons. The fraction of sp³-hybridized carbons (Fsp3) is 0.467. The van der Waals surface area contributed by atoms with Gasteiger partial charge in [0.2, 0.25) is 0 Å². The summed E-state index contributed by atoms with van der Waals surface area (Å²) in [5.41, 5.74) is 2.97. The standard InChI is InChI=1S/C15H21NS/c1-5-12-13-8-11(10(2)3)6-7-14(13)17-15(12)9-16-4/h6-8,10,16H,5,9H2,1-4H3. The van der Waals surface area contributed by atoms with Gasteiger partial charge in [0.1, 0.15) is 0 Å². The second-order valence-corrected chi connectivity index (χ2v) is 5.93. The van der Waals surface area contributed by atoms with Crippen molar-refractivity contribution >= 4 is 21.4 Å². The zero-order valence-electron chi connectivity index (χ0n) is 11.1. The van der Waals surface area contributed by atoms with Crippen LogP contribution < -0.4 is 5.32 Å². The van der Waals surface area contributed by atoms with Gasteiger partial charge in [-0.3, -0.25) is 0 Å². The molecule has 0 bridgehead atoms. The third kappa shape index (κ3) is 2.38. The molecule has 0 aliphatic rings. The smallest absolute Gasteiger partial charge is 0.0349 e. The molecule has 1 aromatic heterocycles. The Balaban J connectivity index is 2.58. The second kappa shape index (κ2) is 5.19. The lowest BCUT2D eigenvalue weighted by Crippen LogP contribution is -2.04. The summed E-state index contributed by atoms with van der Waals surface area (Å²) in [6.07, 6.45) is 1.12. The first-order chi connectivity index (χ1) is 8.17. The van der Waals surface area contributed by atoms with E-state index in [4.69, 9.17) is 0 Å². The number of nitrogens with one attached hydrogen (secondary N) is 1. The molecule has 2 aromatic rings. The quantitative estimate of drug-likeness (QED) is 0.849. The van der Waals surface area contributed by atoms with Gasteiger partial charge in [-0.05, 0) is 48.0 Å². The lowest BCUT2D eigenvalue weighted by Gasteiger charge is -2.06. The highest BCUT2D eigenvalue weighted by molar-refractivity contribution is 7.19. The average Bonchev–Trinajstić information content (AvgIpc) is 2.65. The molecule has 0 aliphatic heterocycles. The van der Waals surface area contributed by atoms with Crippen LogP contribution in [0.15, 0.2) is 18.2 Å². The highest BCUT2D eigenvalue weighted by Gasteiger charge is 2.11. The molecule has 1 nitrogen and oxygen atoms in total. The van der Waals surface area contributed by atoms with Gasteiger partial charge in [-0.2, -0.15) is 0 Å². The largest absolute Gasteiger partial charge is 0.315 e. The number of aryl methyl sites for hydroxylation is 1. The molecule has 0 saturated carbocycles. The normalized spacial score (nSPS) is 11.6. The molecule has 0 atom stereocenters. The summed E-state index contributed by atoms with van der Waals surface area (Å²) >= 11 is 1.93. The Morgan fingerprint density at radius 1 is 1.29 bits per heavy atom. The lowest BCUT2D eigenvalue weighted by atomic mass is 9.99. The van der Waals surface area contributed by atoms with E-state index in [1.165, 1.54) is 26.1 Å². The van der Waals surface area contributed by atoms with Crippen molar-refractivity contribution in [1.29, 1.82) is 0 Å². The fourth-order valence-electron chi connectivity index (χ4n) is 2.27. The van der Waals surface area contributed by atoms with Crippen LogP contribution in [0.25, 0.3) is 10.1 Å². The summed E-state index contributed by atoms with van der Waals surface area (Å²) in [7, 11) is 2.02. The maximum Gasteiger partial charge on any atom is 0.0349 e. The molecule has 0 fully saturated rings. The Morgan fingerprint density at radius 2 is 2.06 bits per heavy atom. The number of fused-ring (bicyclic) bond motifs is 1. The minimum atomic E-state index is 0.608. The summed E-state index contributed by atoms with van der Waals surface area (Å²) in [5, 5.41) is 4.73. The van der Waals surface area contributed by atoms with Crippen LogP contribution in [0.1, 0.15) is 42.7 Å². The predicted molar refractivity (Wildman–Crippen MR) is 78.1 cm³/mol. The van der Waals surface area contributed by atoms with Crippen molar-refractivity contribution in [2.75, 3.05) is 7.05 Å². The van der Waals surface area contributed by atoms with E-state index in [-0.39, 0.29) is 0 Å². The maximum absolute atomic E-state index is 3.27. The van der Waals surface area contributed by atoms with Crippen LogP contribution in [0.3, 0.4) is 0 Å². The summed E-state index contributed by atoms with van der Waals surface area (Å²) in [6, 6.07) is 6.94. The Morgan fingerprint density at radius 3 is 2.65 bits per heavy atom. The van der Waals surface area contributed by atoms with E-state index in [0.29, 0.717) is 5.92 Å². The van der Waals surface area contributed by atoms with Crippen molar-refractivity contribution in [1.82, 2.24) is 5.32 Å². The van der Waals surface area contributed by atoms with Crippen LogP contribution in [0.2, 0.25) is 0 Å². The highest BCUT2D eigenvalue weighted by atomic mass is 32.1. The molecule has 2 heteroatoms. The third-order valence-electron chi connectivity index (χ3n) is 3.26. The molecule has 0 unspecified atom stereocenters. The van der Waals surface area contributed by atoms with E-state index in [9.17, 15) is 0 Å². The van der Waals surface area contributed by atoms with Crippen LogP contribution in [0, 0.1) is 0 Å². The summed E-state index contributed by atoms with van der Waals surface area (Å²) in [4.78, 5) is 1.49. The first-order valence-corrected chi connectivity index (χ1v) is 7.17. The summed E-state index contributed by atoms with van der Waals surface area (Å²) in [6.45, 7) is 7.75. The molecule has 17 heavy (non-hydrogen) atoms. The van der Waals surface area contributed by atoms with Crippen LogP contribution in [0.5, 0.6) is 0 Å². The highest BCUT2D eigenvalue weighted by Crippen LogP contribution is 2.33. The van der Waals surface area contributed by atoms with E-state index >= 15 is 0 Å². The fourth-order valence-corrected chi connectivity index (χ4v) is 3.55. The maximum atomic E-state index is 3.27. The number of benzene rings is 1. The van der Waals surface area contributed by atoms with Gasteiger partial charge in [0.25, 0.3) is 0 Å². The third-order valence-corrected chi connectivity index (χ3v) is 4.47. The number of rotatable bonds is 4. The van der Waals surface area contributed by atoms with Crippen LogP contribution in [-0.4, -0.2) is 7.05 Å². The molecule has 0 aliphatic carbocycles. The van der Waals surface area contributed by atoms with E-state index in [1.807, 2.05) is 18.4 Å². The molecular weight excluding hydrogens is 226 g/mol. The van der Waals surface area contributed by atoms with Gasteiger partial charge in [-0.15, -0.1) is 11.3 Å². The lowest BCUT2D eigenvalue weighted by molar-refractivity contribution is 0.822. The Kier molecular flexibility index (Phi) is 3.85. The van der Waals surface area contributed by atoms with E-state index in [1.54, 1.807) is 0 Å². The summed E-state index contributed by atoms with van der Waals surface area (Å²) in [5.74, 6) is 0.608. The first-order valence-electron chi connectivity index (χ1n) is 6.36. The van der Waals surface area contributed by atoms with Gasteiger partial charge in [-0.1, -0.05) is 26.8 Å². The molecule has 92 valence electrons. The van der Waals surface area contributed by atoms with Gasteiger partial charge in [-0.25, -0.2) is 0 Å². The number of hydrogen-bond acceptors (Lipinski definition) is 2. The minimum Gasteiger partial charge on any atom is -0.315 e. The first kappa shape index (κ1) is 12.6. The van der Waals surface area contributed by atoms with E-state index in [0.717, 1.165) is 13.0 Å². The monoisotopic (exact) mass is 247 g/mol. The molecule has 0 amide bonds. The Labute approximate surface area is 108 Å². The van der Waals surface area contributed by atoms with Gasteiger partial charge in [0, 0.05) is 16.1 Å². The summed E-state index contributed by atoms with van der Waals surface area (Å²) < 4.78 is 1.43. The van der Waals surface area contributed by atoms with Crippen molar-refractivity contribution in [2.24, 2.45) is 0 Å². The Hall–Kier alpha value is -0.860. The van der Waals surface area contributed by atoms with Crippen molar-refractivity contribution in [3.8, 4) is 0 Å². The molecule has 1 heterocycles. The SMILES string of the molecule is CCc1c(CNC)sc2ccc(C(C)C)cc12. The van der Waals surface area contributed by atoms with Crippen molar-refractivity contribution in [3.63, 3.8) is 0 Å². The van der Waals surface area contributed by atoms with Crippen molar-refractivity contribution in [3.05, 3.63) is 34.2 Å². The molecule has 2 rings (SSSR count). The number of thiophene rings is 1. The molecule has 1 N–H and O–H groups in total. The van der Waals surface area contributed by atoms with Gasteiger partial charge in [0.05, 0.1) is 0 Å². The zero-order valence-corrected chi connectivity index (χ0v) is 11.9. The van der Waals surface area contributed by atoms with Crippen molar-refractivity contribution < 1.29 is 0 Å². The van der Waals surface area contributed by atoms with Crippen LogP contribution >= 0.6 is 11.3 Å². The minimum absolute atomic E-state index is 0.608. The average molecular weight is 247 g/mol. The predicted octanol–water partition coefficient (Wildman–Crippen LogP) is 4.31. The van der Waals surface area contributed by atoms with Gasteiger partial charge in [0.15, 0.2) is 0 Å². The zero-order chi connectivity index (χ0) is 12.4. The molecule has 0 spiro atoms. The Bertz CT molecular complexity index is 511.